The molecule has 0 aliphatic carbocycles. The van der Waals surface area contributed by atoms with E-state index in [1.165, 1.54) is 10.9 Å². The van der Waals surface area contributed by atoms with Crippen LogP contribution in [0.4, 0.5) is 0 Å². The van der Waals surface area contributed by atoms with E-state index in [0.29, 0.717) is 17.7 Å². The lowest BCUT2D eigenvalue weighted by Crippen LogP contribution is -2.13. The lowest BCUT2D eigenvalue weighted by Gasteiger charge is -2.16. The Morgan fingerprint density at radius 1 is 0.944 bits per heavy atom. The highest BCUT2D eigenvalue weighted by Crippen LogP contribution is 2.41. The van der Waals surface area contributed by atoms with Crippen LogP contribution in [0.15, 0.2) is 83.2 Å². The maximum Gasteiger partial charge on any atom is 0.136 e. The molecule has 5 aromatic rings. The van der Waals surface area contributed by atoms with E-state index in [4.69, 9.17) is 4.42 Å². The molecule has 0 unspecified atom stereocenters. The highest BCUT2D eigenvalue weighted by molar-refractivity contribution is 6.22. The largest absolute Gasteiger partial charge is 0.456 e. The molecule has 1 N–H and O–H groups in total. The van der Waals surface area contributed by atoms with Crippen LogP contribution in [0.25, 0.3) is 49.4 Å². The molecule has 0 radical (unpaired) electrons. The number of furan rings is 1. The van der Waals surface area contributed by atoms with Crippen molar-refractivity contribution in [1.82, 2.24) is 10.3 Å². The molecule has 1 aliphatic rings. The van der Waals surface area contributed by atoms with Crippen molar-refractivity contribution in [2.75, 3.05) is 6.54 Å². The fourth-order valence-electron chi connectivity index (χ4n) is 5.14. The molecule has 0 fully saturated rings. The Bertz CT molecular complexity index is 1830. The summed E-state index contributed by atoms with van der Waals surface area (Å²) in [5.74, 6) is 0. The van der Waals surface area contributed by atoms with Gasteiger partial charge in [0.25, 0.3) is 0 Å². The van der Waals surface area contributed by atoms with Gasteiger partial charge in [-0.15, -0.1) is 0 Å². The van der Waals surface area contributed by atoms with Crippen LogP contribution in [0.5, 0.6) is 0 Å². The van der Waals surface area contributed by atoms with Gasteiger partial charge in [-0.25, -0.2) is 0 Å². The minimum Gasteiger partial charge on any atom is -0.456 e. The molecule has 3 heterocycles. The highest BCUT2D eigenvalue weighted by Gasteiger charge is 2.19. The second kappa shape index (κ2) is 8.73. The van der Waals surface area contributed by atoms with E-state index in [1.54, 1.807) is 12.4 Å². The van der Waals surface area contributed by atoms with Gasteiger partial charge in [0, 0.05) is 47.0 Å². The van der Waals surface area contributed by atoms with E-state index < -0.39 is 0 Å². The predicted octanol–water partition coefficient (Wildman–Crippen LogP) is 7.02. The quantitative estimate of drug-likeness (QED) is 0.308. The fraction of sp³-hybridized carbons (Fsp3) is 0.129. The molecule has 0 amide bonds. The number of nitrogens with zero attached hydrogens (tertiary/aromatic N) is 3. The second-order valence-electron chi connectivity index (χ2n) is 9.04. The fourth-order valence-corrected chi connectivity index (χ4v) is 5.14. The van der Waals surface area contributed by atoms with Crippen LogP contribution in [0.3, 0.4) is 0 Å². The third-order valence-corrected chi connectivity index (χ3v) is 6.74. The van der Waals surface area contributed by atoms with Gasteiger partial charge in [0.2, 0.25) is 0 Å². The average molecular weight is 467 g/mol. The minimum absolute atomic E-state index is 0.524. The van der Waals surface area contributed by atoms with E-state index >= 15 is 0 Å². The normalized spacial score (nSPS) is 13.2. The number of nitrogens with one attached hydrogen (secondary N) is 1. The van der Waals surface area contributed by atoms with Crippen LogP contribution in [0.1, 0.15) is 30.0 Å². The molecule has 0 atom stereocenters. The number of aryl methyl sites for hydroxylation is 1. The molecule has 5 nitrogen and oxygen atoms in total. The van der Waals surface area contributed by atoms with Gasteiger partial charge in [-0.3, -0.25) is 4.98 Å². The van der Waals surface area contributed by atoms with E-state index in [1.807, 2.05) is 24.4 Å². The Labute approximate surface area is 208 Å². The Morgan fingerprint density at radius 3 is 2.69 bits per heavy atom. The van der Waals surface area contributed by atoms with Crippen molar-refractivity contribution in [2.45, 2.75) is 19.8 Å². The lowest BCUT2D eigenvalue weighted by molar-refractivity contribution is 0.669. The standard InChI is InChI=1S/C31H22N4O/c1-2-4-21-5-3-6-25-27(24-10-20(14-33)16-35-18-24)12-29-31(30(21)25)26-8-7-22(11-28(26)36-29)23-9-19(13-32)15-34-17-23/h3,5-12,15,17-18,35H,2,4,16H2,1H3. The summed E-state index contributed by atoms with van der Waals surface area (Å²) >= 11 is 0. The van der Waals surface area contributed by atoms with Crippen molar-refractivity contribution < 1.29 is 4.42 Å². The third kappa shape index (κ3) is 3.50. The Kier molecular flexibility index (Phi) is 5.25. The number of rotatable bonds is 4. The van der Waals surface area contributed by atoms with Gasteiger partial charge in [-0.2, -0.15) is 10.5 Å². The van der Waals surface area contributed by atoms with Gasteiger partial charge >= 0.3 is 0 Å². The summed E-state index contributed by atoms with van der Waals surface area (Å²) in [6.07, 6.45) is 9.26. The number of allylic oxidation sites excluding steroid dienone is 2. The first-order valence-electron chi connectivity index (χ1n) is 12.0. The number of benzene rings is 3. The number of hydrogen-bond donors (Lipinski definition) is 1. The second-order valence-corrected chi connectivity index (χ2v) is 9.04. The molecule has 5 heteroatoms. The molecular formula is C31H22N4O. The van der Waals surface area contributed by atoms with Crippen LogP contribution in [0.2, 0.25) is 0 Å². The maximum absolute atomic E-state index is 9.48. The summed E-state index contributed by atoms with van der Waals surface area (Å²) in [4.78, 5) is 4.21. The molecule has 0 bridgehead atoms. The van der Waals surface area contributed by atoms with E-state index in [-0.39, 0.29) is 0 Å². The van der Waals surface area contributed by atoms with E-state index in [0.717, 1.165) is 62.4 Å². The Hall–Kier alpha value is -4.87. The zero-order valence-corrected chi connectivity index (χ0v) is 19.8. The maximum atomic E-state index is 9.48. The van der Waals surface area contributed by atoms with Crippen molar-refractivity contribution in [3.05, 3.63) is 95.5 Å². The van der Waals surface area contributed by atoms with Gasteiger partial charge in [0.1, 0.15) is 17.2 Å². The van der Waals surface area contributed by atoms with Gasteiger partial charge in [0.05, 0.1) is 11.6 Å². The third-order valence-electron chi connectivity index (χ3n) is 6.74. The number of pyridine rings is 1. The van der Waals surface area contributed by atoms with Crippen LogP contribution < -0.4 is 5.32 Å². The van der Waals surface area contributed by atoms with Gasteiger partial charge in [-0.05, 0) is 69.8 Å². The summed E-state index contributed by atoms with van der Waals surface area (Å²) in [5.41, 5.74) is 7.96. The molecule has 36 heavy (non-hydrogen) atoms. The molecule has 0 spiro atoms. The zero-order valence-electron chi connectivity index (χ0n) is 19.8. The molecule has 172 valence electrons. The highest BCUT2D eigenvalue weighted by atomic mass is 16.3. The Balaban J connectivity index is 1.65. The first-order valence-corrected chi connectivity index (χ1v) is 12.0. The molecule has 3 aromatic carbocycles. The Morgan fingerprint density at radius 2 is 1.86 bits per heavy atom. The van der Waals surface area contributed by atoms with Crippen LogP contribution in [0, 0.1) is 22.7 Å². The van der Waals surface area contributed by atoms with E-state index in [2.05, 4.69) is 65.8 Å². The zero-order chi connectivity index (χ0) is 24.6. The van der Waals surface area contributed by atoms with Crippen LogP contribution in [-0.4, -0.2) is 11.5 Å². The van der Waals surface area contributed by atoms with Crippen molar-refractivity contribution in [3.8, 4) is 23.3 Å². The summed E-state index contributed by atoms with van der Waals surface area (Å²) in [5, 5.41) is 26.5. The number of fused-ring (bicyclic) bond motifs is 5. The van der Waals surface area contributed by atoms with Crippen molar-refractivity contribution in [3.63, 3.8) is 0 Å². The smallest absolute Gasteiger partial charge is 0.136 e. The first kappa shape index (κ1) is 21.6. The summed E-state index contributed by atoms with van der Waals surface area (Å²) in [7, 11) is 0. The molecular weight excluding hydrogens is 444 g/mol. The average Bonchev–Trinajstić information content (AvgIpc) is 3.30. The topological polar surface area (TPSA) is 85.6 Å². The number of hydrogen-bond acceptors (Lipinski definition) is 5. The molecule has 0 saturated heterocycles. The molecule has 1 aliphatic heterocycles. The van der Waals surface area contributed by atoms with Crippen molar-refractivity contribution >= 4 is 38.3 Å². The van der Waals surface area contributed by atoms with Gasteiger partial charge in [-0.1, -0.05) is 37.6 Å². The van der Waals surface area contributed by atoms with Crippen LogP contribution >= 0.6 is 0 Å². The minimum atomic E-state index is 0.524. The van der Waals surface area contributed by atoms with Crippen molar-refractivity contribution in [2.24, 2.45) is 0 Å². The summed E-state index contributed by atoms with van der Waals surface area (Å²) in [6, 6.07) is 21.0. The molecule has 0 saturated carbocycles. The lowest BCUT2D eigenvalue weighted by atomic mass is 9.90. The van der Waals surface area contributed by atoms with Gasteiger partial charge in [0.15, 0.2) is 0 Å². The summed E-state index contributed by atoms with van der Waals surface area (Å²) < 4.78 is 6.48. The first-order chi connectivity index (χ1) is 17.7. The number of dihydropyridines is 1. The predicted molar refractivity (Wildman–Crippen MR) is 143 cm³/mol. The van der Waals surface area contributed by atoms with Crippen molar-refractivity contribution in [1.29, 1.82) is 10.5 Å². The van der Waals surface area contributed by atoms with Crippen LogP contribution in [-0.2, 0) is 6.42 Å². The molecule has 2 aromatic heterocycles. The molecule has 6 rings (SSSR count). The monoisotopic (exact) mass is 466 g/mol. The number of aromatic nitrogens is 1. The van der Waals surface area contributed by atoms with E-state index in [9.17, 15) is 10.5 Å². The summed E-state index contributed by atoms with van der Waals surface area (Å²) in [6.45, 7) is 2.73. The number of nitriles is 2. The SMILES string of the molecule is CCCc1cccc2c(C3=CNCC(C#N)=C3)cc3oc4cc(-c5cncc(C#N)c5)ccc4c3c12. The van der Waals surface area contributed by atoms with Gasteiger partial charge < -0.3 is 9.73 Å².